The van der Waals surface area contributed by atoms with Crippen molar-refractivity contribution < 1.29 is 4.79 Å². The minimum atomic E-state index is 0.0936. The summed E-state index contributed by atoms with van der Waals surface area (Å²) in [5.74, 6) is 0.349. The molecule has 3 atom stereocenters. The highest BCUT2D eigenvalue weighted by Crippen LogP contribution is 2.43. The average Bonchev–Trinajstić information content (AvgIpc) is 2.78. The van der Waals surface area contributed by atoms with E-state index in [2.05, 4.69) is 78.0 Å². The van der Waals surface area contributed by atoms with Gasteiger partial charge in [-0.2, -0.15) is 0 Å². The number of hydrogen-bond acceptors (Lipinski definition) is 4. The predicted molar refractivity (Wildman–Crippen MR) is 130 cm³/mol. The van der Waals surface area contributed by atoms with Gasteiger partial charge >= 0.3 is 0 Å². The summed E-state index contributed by atoms with van der Waals surface area (Å²) < 4.78 is 0. The third-order valence-corrected chi connectivity index (χ3v) is 6.60. The van der Waals surface area contributed by atoms with Crippen molar-refractivity contribution in [1.29, 1.82) is 0 Å². The van der Waals surface area contributed by atoms with Crippen LogP contribution >= 0.6 is 0 Å². The van der Waals surface area contributed by atoms with Crippen molar-refractivity contribution in [3.63, 3.8) is 0 Å². The van der Waals surface area contributed by atoms with Crippen molar-refractivity contribution >= 4 is 29.1 Å². The molecule has 0 spiro atoms. The molecule has 0 bridgehead atoms. The summed E-state index contributed by atoms with van der Waals surface area (Å²) in [5.41, 5.74) is 7.00. The number of nitrogens with one attached hydrogen (secondary N) is 2. The number of carbonyl (C=O) groups excluding carboxylic acids is 1. The van der Waals surface area contributed by atoms with Crippen molar-refractivity contribution in [3.8, 4) is 0 Å². The van der Waals surface area contributed by atoms with E-state index in [-0.39, 0.29) is 23.9 Å². The van der Waals surface area contributed by atoms with Crippen LogP contribution in [0.1, 0.15) is 49.9 Å². The molecule has 5 nitrogen and oxygen atoms in total. The standard InChI is InChI=1S/C26H32N4O/c1-17-18(2)30(19(3)31)25-10-7-22(21-11-13-28-14-12-21)15-24(25)26(17)29-23-8-5-20(6-9-23)16-27-4/h5-11,15-18,26,28-29H,12-14H2,1-4H3/t17-,18-,26?/m0/s1. The molecule has 0 saturated heterocycles. The van der Waals surface area contributed by atoms with Gasteiger partial charge in [0.2, 0.25) is 5.91 Å². The highest BCUT2D eigenvalue weighted by Gasteiger charge is 2.38. The normalized spacial score (nSPS) is 23.4. The first-order chi connectivity index (χ1) is 15.0. The van der Waals surface area contributed by atoms with Crippen LogP contribution in [0.5, 0.6) is 0 Å². The van der Waals surface area contributed by atoms with Crippen LogP contribution in [0.25, 0.3) is 5.57 Å². The van der Waals surface area contributed by atoms with Crippen LogP contribution in [-0.4, -0.2) is 38.3 Å². The van der Waals surface area contributed by atoms with E-state index in [0.29, 0.717) is 0 Å². The quantitative estimate of drug-likeness (QED) is 0.713. The SMILES string of the molecule is CN=Cc1ccc(NC2c3cc(C4=CCNCC4)ccc3N(C(C)=O)[C@@H](C)[C@@H]2C)cc1. The summed E-state index contributed by atoms with van der Waals surface area (Å²) in [7, 11) is 1.78. The number of fused-ring (bicyclic) bond motifs is 1. The minimum Gasteiger partial charge on any atom is -0.378 e. The molecule has 31 heavy (non-hydrogen) atoms. The van der Waals surface area contributed by atoms with Crippen LogP contribution in [0.2, 0.25) is 0 Å². The predicted octanol–water partition coefficient (Wildman–Crippen LogP) is 4.66. The molecule has 0 radical (unpaired) electrons. The van der Waals surface area contributed by atoms with Gasteiger partial charge < -0.3 is 15.5 Å². The van der Waals surface area contributed by atoms with Gasteiger partial charge in [0.15, 0.2) is 0 Å². The number of amides is 1. The molecule has 5 heteroatoms. The van der Waals surface area contributed by atoms with Crippen molar-refractivity contribution in [2.24, 2.45) is 10.9 Å². The van der Waals surface area contributed by atoms with E-state index >= 15 is 0 Å². The maximum Gasteiger partial charge on any atom is 0.224 e. The molecule has 0 aromatic heterocycles. The lowest BCUT2D eigenvalue weighted by molar-refractivity contribution is -0.117. The molecule has 2 aliphatic heterocycles. The number of nitrogens with zero attached hydrogens (tertiary/aromatic N) is 2. The fraction of sp³-hybridized carbons (Fsp3) is 0.385. The number of carbonyl (C=O) groups is 1. The highest BCUT2D eigenvalue weighted by atomic mass is 16.2. The molecule has 1 unspecified atom stereocenters. The van der Waals surface area contributed by atoms with E-state index in [1.165, 1.54) is 16.7 Å². The van der Waals surface area contributed by atoms with E-state index < -0.39 is 0 Å². The molecule has 2 heterocycles. The molecular formula is C26H32N4O. The second kappa shape index (κ2) is 9.06. The Morgan fingerprint density at radius 1 is 1.19 bits per heavy atom. The lowest BCUT2D eigenvalue weighted by atomic mass is 9.81. The van der Waals surface area contributed by atoms with Crippen LogP contribution in [0, 0.1) is 5.92 Å². The van der Waals surface area contributed by atoms with Gasteiger partial charge in [0.05, 0.1) is 6.04 Å². The smallest absolute Gasteiger partial charge is 0.224 e. The van der Waals surface area contributed by atoms with E-state index in [1.807, 2.05) is 11.1 Å². The zero-order valence-corrected chi connectivity index (χ0v) is 18.9. The number of rotatable bonds is 4. The highest BCUT2D eigenvalue weighted by molar-refractivity contribution is 5.94. The van der Waals surface area contributed by atoms with Crippen LogP contribution in [0.4, 0.5) is 11.4 Å². The molecule has 4 rings (SSSR count). The number of hydrogen-bond donors (Lipinski definition) is 2. The van der Waals surface area contributed by atoms with Crippen LogP contribution < -0.4 is 15.5 Å². The summed E-state index contributed by atoms with van der Waals surface area (Å²) in [6, 6.07) is 15.2. The Kier molecular flexibility index (Phi) is 6.23. The number of aliphatic imine (C=N–C) groups is 1. The van der Waals surface area contributed by atoms with Gasteiger partial charge in [-0.25, -0.2) is 0 Å². The van der Waals surface area contributed by atoms with Crippen molar-refractivity contribution in [1.82, 2.24) is 5.32 Å². The topological polar surface area (TPSA) is 56.7 Å². The summed E-state index contributed by atoms with van der Waals surface area (Å²) in [5, 5.41) is 7.15. The Bertz CT molecular complexity index is 1010. The van der Waals surface area contributed by atoms with Crippen LogP contribution in [0.3, 0.4) is 0 Å². The molecule has 0 saturated carbocycles. The van der Waals surface area contributed by atoms with Crippen molar-refractivity contribution in [3.05, 3.63) is 65.2 Å². The maximum absolute atomic E-state index is 12.5. The molecule has 0 fully saturated rings. The Balaban J connectivity index is 1.74. The van der Waals surface area contributed by atoms with E-state index in [1.54, 1.807) is 14.0 Å². The molecule has 2 aromatic carbocycles. The van der Waals surface area contributed by atoms with Gasteiger partial charge in [0.25, 0.3) is 0 Å². The number of benzene rings is 2. The first-order valence-electron chi connectivity index (χ1n) is 11.1. The lowest BCUT2D eigenvalue weighted by Gasteiger charge is -2.44. The minimum absolute atomic E-state index is 0.0936. The first kappa shape index (κ1) is 21.3. The van der Waals surface area contributed by atoms with Crippen molar-refractivity contribution in [2.75, 3.05) is 30.4 Å². The Morgan fingerprint density at radius 3 is 2.61 bits per heavy atom. The molecule has 2 aromatic rings. The summed E-state index contributed by atoms with van der Waals surface area (Å²) in [4.78, 5) is 18.6. The van der Waals surface area contributed by atoms with E-state index in [4.69, 9.17) is 0 Å². The Morgan fingerprint density at radius 2 is 1.97 bits per heavy atom. The van der Waals surface area contributed by atoms with E-state index in [9.17, 15) is 4.79 Å². The molecule has 0 aliphatic carbocycles. The zero-order chi connectivity index (χ0) is 22.0. The molecule has 1 amide bonds. The van der Waals surface area contributed by atoms with Crippen LogP contribution in [-0.2, 0) is 4.79 Å². The fourth-order valence-electron chi connectivity index (χ4n) is 4.78. The summed E-state index contributed by atoms with van der Waals surface area (Å²) >= 11 is 0. The first-order valence-corrected chi connectivity index (χ1v) is 11.1. The summed E-state index contributed by atoms with van der Waals surface area (Å²) in [6.45, 7) is 7.96. The van der Waals surface area contributed by atoms with E-state index in [0.717, 1.165) is 36.4 Å². The second-order valence-electron chi connectivity index (χ2n) is 8.58. The summed E-state index contributed by atoms with van der Waals surface area (Å²) in [6.07, 6.45) is 5.16. The molecule has 2 N–H and O–H groups in total. The lowest BCUT2D eigenvalue weighted by Crippen LogP contribution is -2.48. The molecular weight excluding hydrogens is 384 g/mol. The Labute approximate surface area is 185 Å². The molecule has 2 aliphatic rings. The third kappa shape index (κ3) is 4.28. The van der Waals surface area contributed by atoms with Gasteiger partial charge in [-0.1, -0.05) is 31.2 Å². The fourth-order valence-corrected chi connectivity index (χ4v) is 4.78. The maximum atomic E-state index is 12.5. The monoisotopic (exact) mass is 416 g/mol. The Hall–Kier alpha value is -2.92. The average molecular weight is 417 g/mol. The van der Waals surface area contributed by atoms with Crippen LogP contribution in [0.15, 0.2) is 53.5 Å². The largest absolute Gasteiger partial charge is 0.378 e. The number of anilines is 2. The van der Waals surface area contributed by atoms with Gasteiger partial charge in [-0.3, -0.25) is 9.79 Å². The van der Waals surface area contributed by atoms with Gasteiger partial charge in [0, 0.05) is 50.1 Å². The van der Waals surface area contributed by atoms with Gasteiger partial charge in [-0.15, -0.1) is 0 Å². The molecule has 162 valence electrons. The van der Waals surface area contributed by atoms with Gasteiger partial charge in [0.1, 0.15) is 0 Å². The zero-order valence-electron chi connectivity index (χ0n) is 18.9. The third-order valence-electron chi connectivity index (χ3n) is 6.60. The van der Waals surface area contributed by atoms with Crippen molar-refractivity contribution in [2.45, 2.75) is 39.3 Å². The second-order valence-corrected chi connectivity index (χ2v) is 8.58. The van der Waals surface area contributed by atoms with Gasteiger partial charge in [-0.05, 0) is 66.4 Å².